The molecule has 2 aromatic carbocycles. The number of nitrogens with zero attached hydrogens (tertiary/aromatic N) is 5. The van der Waals surface area contributed by atoms with Gasteiger partial charge in [-0.1, -0.05) is 31.2 Å². The fourth-order valence-electron chi connectivity index (χ4n) is 4.37. The second kappa shape index (κ2) is 10.3. The van der Waals surface area contributed by atoms with E-state index in [1.807, 2.05) is 36.7 Å². The lowest BCUT2D eigenvalue weighted by Gasteiger charge is -2.31. The van der Waals surface area contributed by atoms with Crippen LogP contribution in [0.5, 0.6) is 5.75 Å². The van der Waals surface area contributed by atoms with Crippen molar-refractivity contribution >= 4 is 17.9 Å². The molecule has 2 aliphatic heterocycles. The highest BCUT2D eigenvalue weighted by atomic mass is 19.1. The van der Waals surface area contributed by atoms with Gasteiger partial charge in [0.05, 0.1) is 12.3 Å². The predicted molar refractivity (Wildman–Crippen MR) is 133 cm³/mol. The Morgan fingerprint density at radius 1 is 0.943 bits per heavy atom. The van der Waals surface area contributed by atoms with E-state index < -0.39 is 11.6 Å². The average Bonchev–Trinajstić information content (AvgIpc) is 3.44. The normalized spacial score (nSPS) is 16.0. The van der Waals surface area contributed by atoms with Gasteiger partial charge in [-0.3, -0.25) is 0 Å². The van der Waals surface area contributed by atoms with Crippen molar-refractivity contribution in [2.75, 3.05) is 24.6 Å². The maximum Gasteiger partial charge on any atom is 0.225 e. The predicted octanol–water partition coefficient (Wildman–Crippen LogP) is 5.46. The Morgan fingerprint density at radius 3 is 2.20 bits per heavy atom. The molecule has 35 heavy (non-hydrogen) atoms. The summed E-state index contributed by atoms with van der Waals surface area (Å²) in [4.78, 5) is 11.0. The Morgan fingerprint density at radius 2 is 1.60 bits per heavy atom. The zero-order valence-corrected chi connectivity index (χ0v) is 19.6. The van der Waals surface area contributed by atoms with Crippen LogP contribution < -0.4 is 9.64 Å². The lowest BCUT2D eigenvalue weighted by molar-refractivity contribution is 0.207. The van der Waals surface area contributed by atoms with Gasteiger partial charge in [-0.2, -0.15) is 10.2 Å². The molecule has 8 heteroatoms. The molecule has 3 aromatic rings. The standard InChI is InChI=1S/C27H27F2N5O/c1-2-18-15-30-27(31-16-18)34-11-8-19(9-12-34)17-35-26-23(28)13-22(14-24(26)29)20-3-5-21(6-4-20)25-7-10-32-33-25/h3-6,10,13-16,19H,2,7-9,11-12,17H2,1H3. The molecule has 2 aliphatic rings. The molecule has 0 aliphatic carbocycles. The smallest absolute Gasteiger partial charge is 0.225 e. The van der Waals surface area contributed by atoms with Crippen molar-refractivity contribution in [3.63, 3.8) is 0 Å². The van der Waals surface area contributed by atoms with Crippen molar-refractivity contribution in [2.45, 2.75) is 32.6 Å². The minimum absolute atomic E-state index is 0.217. The van der Waals surface area contributed by atoms with E-state index in [-0.39, 0.29) is 18.3 Å². The Kier molecular flexibility index (Phi) is 6.79. The topological polar surface area (TPSA) is 63.0 Å². The molecule has 0 radical (unpaired) electrons. The first-order chi connectivity index (χ1) is 17.1. The van der Waals surface area contributed by atoms with Crippen LogP contribution in [0, 0.1) is 17.6 Å². The first-order valence-corrected chi connectivity index (χ1v) is 12.0. The fourth-order valence-corrected chi connectivity index (χ4v) is 4.37. The summed E-state index contributed by atoms with van der Waals surface area (Å²) < 4.78 is 35.2. The van der Waals surface area contributed by atoms with Gasteiger partial charge >= 0.3 is 0 Å². The largest absolute Gasteiger partial charge is 0.487 e. The van der Waals surface area contributed by atoms with Crippen molar-refractivity contribution in [1.82, 2.24) is 9.97 Å². The molecule has 180 valence electrons. The minimum Gasteiger partial charge on any atom is -0.487 e. The van der Waals surface area contributed by atoms with E-state index in [0.29, 0.717) is 12.0 Å². The van der Waals surface area contributed by atoms with Gasteiger partial charge in [0.1, 0.15) is 0 Å². The SMILES string of the molecule is CCc1cnc(N2CCC(COc3c(F)cc(-c4ccc(C5=NN=CC5)cc4)cc3F)CC2)nc1. The number of anilines is 1. The van der Waals surface area contributed by atoms with Crippen LogP contribution >= 0.6 is 0 Å². The highest BCUT2D eigenvalue weighted by Gasteiger charge is 2.23. The van der Waals surface area contributed by atoms with Crippen LogP contribution in [0.3, 0.4) is 0 Å². The lowest BCUT2D eigenvalue weighted by Crippen LogP contribution is -2.36. The molecule has 0 atom stereocenters. The Balaban J connectivity index is 1.18. The van der Waals surface area contributed by atoms with Gasteiger partial charge in [0.2, 0.25) is 5.95 Å². The van der Waals surface area contributed by atoms with Crippen LogP contribution in [0.25, 0.3) is 11.1 Å². The van der Waals surface area contributed by atoms with Crippen LogP contribution in [0.15, 0.2) is 59.0 Å². The maximum atomic E-state index is 14.8. The van der Waals surface area contributed by atoms with Crippen molar-refractivity contribution in [3.8, 4) is 16.9 Å². The van der Waals surface area contributed by atoms with Gasteiger partial charge in [-0.05, 0) is 59.6 Å². The molecule has 0 spiro atoms. The number of rotatable bonds is 7. The van der Waals surface area contributed by atoms with Crippen molar-refractivity contribution < 1.29 is 13.5 Å². The van der Waals surface area contributed by atoms with E-state index in [1.54, 1.807) is 6.21 Å². The third-order valence-electron chi connectivity index (χ3n) is 6.56. The van der Waals surface area contributed by atoms with Gasteiger partial charge in [0.25, 0.3) is 0 Å². The molecule has 0 N–H and O–H groups in total. The highest BCUT2D eigenvalue weighted by Crippen LogP contribution is 2.31. The van der Waals surface area contributed by atoms with Crippen molar-refractivity contribution in [3.05, 3.63) is 71.6 Å². The minimum atomic E-state index is -0.695. The van der Waals surface area contributed by atoms with E-state index in [9.17, 15) is 8.78 Å². The number of aromatic nitrogens is 2. The zero-order chi connectivity index (χ0) is 24.2. The van der Waals surface area contributed by atoms with Gasteiger partial charge in [-0.15, -0.1) is 0 Å². The third-order valence-corrected chi connectivity index (χ3v) is 6.56. The van der Waals surface area contributed by atoms with Gasteiger partial charge < -0.3 is 9.64 Å². The first-order valence-electron chi connectivity index (χ1n) is 12.0. The molecule has 0 bridgehead atoms. The summed E-state index contributed by atoms with van der Waals surface area (Å²) in [6.07, 6.45) is 8.77. The molecule has 0 unspecified atom stereocenters. The fraction of sp³-hybridized carbons (Fsp3) is 0.333. The van der Waals surface area contributed by atoms with E-state index in [1.165, 1.54) is 12.1 Å². The molecular formula is C27H27F2N5O. The van der Waals surface area contributed by atoms with Crippen LogP contribution in [-0.2, 0) is 6.42 Å². The zero-order valence-electron chi connectivity index (χ0n) is 19.6. The molecule has 5 rings (SSSR count). The van der Waals surface area contributed by atoms with Crippen LogP contribution in [0.4, 0.5) is 14.7 Å². The van der Waals surface area contributed by atoms with Crippen LogP contribution in [0.1, 0.15) is 37.3 Å². The van der Waals surface area contributed by atoms with Gasteiger partial charge in [0.15, 0.2) is 17.4 Å². The number of hydrogen-bond donors (Lipinski definition) is 0. The van der Waals surface area contributed by atoms with E-state index >= 15 is 0 Å². The summed E-state index contributed by atoms with van der Waals surface area (Å²) in [5, 5.41) is 7.94. The number of aryl methyl sites for hydroxylation is 1. The van der Waals surface area contributed by atoms with Crippen LogP contribution in [0.2, 0.25) is 0 Å². The van der Waals surface area contributed by atoms with E-state index in [4.69, 9.17) is 4.74 Å². The monoisotopic (exact) mass is 475 g/mol. The number of ether oxygens (including phenoxy) is 1. The molecule has 0 amide bonds. The maximum absolute atomic E-state index is 14.8. The Hall–Kier alpha value is -3.68. The summed E-state index contributed by atoms with van der Waals surface area (Å²) in [6.45, 7) is 3.93. The number of hydrogen-bond acceptors (Lipinski definition) is 6. The van der Waals surface area contributed by atoms with E-state index in [0.717, 1.165) is 60.7 Å². The number of benzene rings is 2. The van der Waals surface area contributed by atoms with E-state index in [2.05, 4.69) is 32.0 Å². The molecule has 0 saturated carbocycles. The molecule has 6 nitrogen and oxygen atoms in total. The summed E-state index contributed by atoms with van der Waals surface area (Å²) in [7, 11) is 0. The second-order valence-electron chi connectivity index (χ2n) is 8.88. The number of piperidine rings is 1. The molecule has 1 fully saturated rings. The molecule has 1 saturated heterocycles. The highest BCUT2D eigenvalue weighted by molar-refractivity contribution is 6.09. The van der Waals surface area contributed by atoms with Gasteiger partial charge in [-0.25, -0.2) is 18.7 Å². The van der Waals surface area contributed by atoms with Crippen LogP contribution in [-0.4, -0.2) is 41.6 Å². The molecule has 3 heterocycles. The summed E-state index contributed by atoms with van der Waals surface area (Å²) in [6, 6.07) is 10.1. The molecular weight excluding hydrogens is 448 g/mol. The first kappa shape index (κ1) is 23.1. The van der Waals surface area contributed by atoms with Gasteiger partial charge in [0, 0.05) is 38.1 Å². The molecule has 1 aromatic heterocycles. The number of halogens is 2. The van der Waals surface area contributed by atoms with Crippen molar-refractivity contribution in [2.24, 2.45) is 16.1 Å². The summed E-state index contributed by atoms with van der Waals surface area (Å²) in [5.74, 6) is -0.760. The summed E-state index contributed by atoms with van der Waals surface area (Å²) >= 11 is 0. The van der Waals surface area contributed by atoms with Crippen molar-refractivity contribution in [1.29, 1.82) is 0 Å². The quantitative estimate of drug-likeness (QED) is 0.455. The second-order valence-corrected chi connectivity index (χ2v) is 8.88. The lowest BCUT2D eigenvalue weighted by atomic mass is 9.98. The average molecular weight is 476 g/mol. The Labute approximate surface area is 203 Å². The summed E-state index contributed by atoms with van der Waals surface area (Å²) in [5.41, 5.74) is 4.12. The third kappa shape index (κ3) is 5.21. The Bertz CT molecular complexity index is 1210.